The first-order valence-electron chi connectivity index (χ1n) is 7.54. The van der Waals surface area contributed by atoms with Gasteiger partial charge in [0.25, 0.3) is 0 Å². The van der Waals surface area contributed by atoms with Gasteiger partial charge >= 0.3 is 5.69 Å². The molecule has 0 saturated heterocycles. The van der Waals surface area contributed by atoms with Gasteiger partial charge in [0.1, 0.15) is 0 Å². The highest BCUT2D eigenvalue weighted by molar-refractivity contribution is 7.09. The number of thiazole rings is 1. The number of aromatic nitrogens is 1. The fourth-order valence-electron chi connectivity index (χ4n) is 2.32. The molecule has 1 aromatic heterocycles. The first kappa shape index (κ1) is 17.7. The number of Topliss-reactive ketones (excluding diaryl/α,β-unsaturated/α-hetero) is 1. The summed E-state index contributed by atoms with van der Waals surface area (Å²) in [5, 5.41) is 13.9. The highest BCUT2D eigenvalue weighted by Crippen LogP contribution is 2.35. The average Bonchev–Trinajstić information content (AvgIpc) is 3.03. The standard InChI is InChI=1S/C18H13FN2O4S/c1-10(22)12-3-6-18(16(8-12)21(23)24)25-17-5-4-13(7-14(17)19)15-9-26-11(2)20-15/h3-9H,1-2H3. The zero-order valence-corrected chi connectivity index (χ0v) is 14.7. The number of nitro groups is 1. The van der Waals surface area contributed by atoms with Crippen molar-refractivity contribution in [1.82, 2.24) is 4.98 Å². The molecule has 6 nitrogen and oxygen atoms in total. The maximum atomic E-state index is 14.4. The molecule has 0 N–H and O–H groups in total. The van der Waals surface area contributed by atoms with Gasteiger partial charge in [-0.2, -0.15) is 0 Å². The molecule has 1 heterocycles. The van der Waals surface area contributed by atoms with Crippen LogP contribution in [0.3, 0.4) is 0 Å². The van der Waals surface area contributed by atoms with Crippen molar-refractivity contribution in [3.8, 4) is 22.8 Å². The van der Waals surface area contributed by atoms with Crippen molar-refractivity contribution in [2.75, 3.05) is 0 Å². The quantitative estimate of drug-likeness (QED) is 0.351. The van der Waals surface area contributed by atoms with E-state index in [1.165, 1.54) is 42.5 Å². The van der Waals surface area contributed by atoms with Gasteiger partial charge in [-0.1, -0.05) is 0 Å². The number of benzene rings is 2. The van der Waals surface area contributed by atoms with Crippen molar-refractivity contribution < 1.29 is 18.8 Å². The summed E-state index contributed by atoms with van der Waals surface area (Å²) in [5.41, 5.74) is 1.01. The van der Waals surface area contributed by atoms with Crippen LogP contribution < -0.4 is 4.74 Å². The normalized spacial score (nSPS) is 10.6. The summed E-state index contributed by atoms with van der Waals surface area (Å²) in [5.74, 6) is -1.28. The van der Waals surface area contributed by atoms with E-state index in [1.807, 2.05) is 12.3 Å². The van der Waals surface area contributed by atoms with Gasteiger partial charge in [-0.25, -0.2) is 9.37 Å². The van der Waals surface area contributed by atoms with Crippen LogP contribution in [0.5, 0.6) is 11.5 Å². The Labute approximate surface area is 152 Å². The van der Waals surface area contributed by atoms with Gasteiger partial charge in [-0.3, -0.25) is 14.9 Å². The first-order chi connectivity index (χ1) is 12.3. The number of rotatable bonds is 5. The van der Waals surface area contributed by atoms with Crippen LogP contribution in [0, 0.1) is 22.9 Å². The minimum absolute atomic E-state index is 0.142. The second-order valence-corrected chi connectivity index (χ2v) is 6.56. The molecular formula is C18H13FN2O4S. The lowest BCUT2D eigenvalue weighted by Crippen LogP contribution is -1.99. The molecule has 0 aliphatic heterocycles. The summed E-state index contributed by atoms with van der Waals surface area (Å²) in [6.45, 7) is 3.16. The van der Waals surface area contributed by atoms with Crippen molar-refractivity contribution in [3.63, 3.8) is 0 Å². The maximum Gasteiger partial charge on any atom is 0.312 e. The monoisotopic (exact) mass is 372 g/mol. The largest absolute Gasteiger partial charge is 0.447 e. The molecule has 0 spiro atoms. The number of aryl methyl sites for hydroxylation is 1. The van der Waals surface area contributed by atoms with E-state index >= 15 is 0 Å². The molecule has 0 atom stereocenters. The topological polar surface area (TPSA) is 82.3 Å². The molecule has 0 unspecified atom stereocenters. The summed E-state index contributed by atoms with van der Waals surface area (Å²) in [7, 11) is 0. The van der Waals surface area contributed by atoms with E-state index in [1.54, 1.807) is 6.07 Å². The predicted molar refractivity (Wildman–Crippen MR) is 95.4 cm³/mol. The Balaban J connectivity index is 1.94. The lowest BCUT2D eigenvalue weighted by Gasteiger charge is -2.09. The Hall–Kier alpha value is -3.13. The smallest absolute Gasteiger partial charge is 0.312 e. The van der Waals surface area contributed by atoms with Crippen LogP contribution in [0.15, 0.2) is 41.8 Å². The van der Waals surface area contributed by atoms with Gasteiger partial charge in [0.05, 0.1) is 15.6 Å². The van der Waals surface area contributed by atoms with Gasteiger partial charge in [-0.15, -0.1) is 11.3 Å². The molecule has 0 radical (unpaired) electrons. The fourth-order valence-corrected chi connectivity index (χ4v) is 2.94. The van der Waals surface area contributed by atoms with Crippen LogP contribution >= 0.6 is 11.3 Å². The molecule has 0 fully saturated rings. The van der Waals surface area contributed by atoms with Gasteiger partial charge in [0.2, 0.25) is 5.75 Å². The lowest BCUT2D eigenvalue weighted by molar-refractivity contribution is -0.385. The Morgan fingerprint density at radius 1 is 1.23 bits per heavy atom. The van der Waals surface area contributed by atoms with E-state index in [2.05, 4.69) is 4.98 Å². The highest BCUT2D eigenvalue weighted by atomic mass is 32.1. The molecular weight excluding hydrogens is 359 g/mol. The van der Waals surface area contributed by atoms with Crippen LogP contribution in [0.1, 0.15) is 22.3 Å². The molecule has 0 aliphatic carbocycles. The van der Waals surface area contributed by atoms with Crippen molar-refractivity contribution in [3.05, 3.63) is 68.3 Å². The van der Waals surface area contributed by atoms with E-state index in [4.69, 9.17) is 4.74 Å². The van der Waals surface area contributed by atoms with E-state index < -0.39 is 16.4 Å². The first-order valence-corrected chi connectivity index (χ1v) is 8.42. The van der Waals surface area contributed by atoms with Crippen LogP contribution in [0.2, 0.25) is 0 Å². The van der Waals surface area contributed by atoms with Crippen molar-refractivity contribution in [2.24, 2.45) is 0 Å². The third kappa shape index (κ3) is 3.60. The Morgan fingerprint density at radius 3 is 2.54 bits per heavy atom. The van der Waals surface area contributed by atoms with E-state index in [9.17, 15) is 19.3 Å². The third-order valence-electron chi connectivity index (χ3n) is 3.63. The molecule has 3 rings (SSSR count). The van der Waals surface area contributed by atoms with Crippen LogP contribution in [0.25, 0.3) is 11.3 Å². The summed E-state index contributed by atoms with van der Waals surface area (Å²) in [6, 6.07) is 8.08. The van der Waals surface area contributed by atoms with Gasteiger partial charge in [0, 0.05) is 22.6 Å². The van der Waals surface area contributed by atoms with Gasteiger partial charge in [0.15, 0.2) is 17.3 Å². The van der Waals surface area contributed by atoms with Crippen molar-refractivity contribution in [2.45, 2.75) is 13.8 Å². The molecule has 3 aromatic rings. The number of nitrogens with zero attached hydrogens (tertiary/aromatic N) is 2. The van der Waals surface area contributed by atoms with Crippen LogP contribution in [-0.4, -0.2) is 15.7 Å². The van der Waals surface area contributed by atoms with E-state index in [-0.39, 0.29) is 22.8 Å². The second kappa shape index (κ2) is 7.01. The number of nitro benzene ring substituents is 1. The highest BCUT2D eigenvalue weighted by Gasteiger charge is 2.19. The lowest BCUT2D eigenvalue weighted by atomic mass is 10.1. The Bertz CT molecular complexity index is 1020. The molecule has 8 heteroatoms. The van der Waals surface area contributed by atoms with Crippen LogP contribution in [0.4, 0.5) is 10.1 Å². The number of ether oxygens (including phenoxy) is 1. The molecule has 2 aromatic carbocycles. The van der Waals surface area contributed by atoms with Crippen LogP contribution in [-0.2, 0) is 0 Å². The zero-order valence-electron chi connectivity index (χ0n) is 13.9. The number of hydrogen-bond acceptors (Lipinski definition) is 6. The Kier molecular flexibility index (Phi) is 4.77. The molecule has 0 saturated carbocycles. The number of carbonyl (C=O) groups is 1. The predicted octanol–water partition coefficient (Wildman–Crippen LogP) is 5.16. The summed E-state index contributed by atoms with van der Waals surface area (Å²) in [6.07, 6.45) is 0. The van der Waals surface area contributed by atoms with Crippen molar-refractivity contribution in [1.29, 1.82) is 0 Å². The SMILES string of the molecule is CC(=O)c1ccc(Oc2ccc(-c3csc(C)n3)cc2F)c([N+](=O)[O-])c1. The van der Waals surface area contributed by atoms with E-state index in [0.717, 1.165) is 11.1 Å². The van der Waals surface area contributed by atoms with E-state index in [0.29, 0.717) is 11.3 Å². The summed E-state index contributed by atoms with van der Waals surface area (Å²) < 4.78 is 19.8. The Morgan fingerprint density at radius 2 is 1.96 bits per heavy atom. The number of ketones is 1. The third-order valence-corrected chi connectivity index (χ3v) is 4.40. The maximum absolute atomic E-state index is 14.4. The van der Waals surface area contributed by atoms with Gasteiger partial charge < -0.3 is 4.74 Å². The zero-order chi connectivity index (χ0) is 18.8. The van der Waals surface area contributed by atoms with Crippen molar-refractivity contribution >= 4 is 22.8 Å². The summed E-state index contributed by atoms with van der Waals surface area (Å²) in [4.78, 5) is 26.2. The summed E-state index contributed by atoms with van der Waals surface area (Å²) >= 11 is 1.45. The number of carbonyl (C=O) groups excluding carboxylic acids is 1. The molecule has 132 valence electrons. The molecule has 0 bridgehead atoms. The number of halogens is 1. The molecule has 0 amide bonds. The fraction of sp³-hybridized carbons (Fsp3) is 0.111. The minimum Gasteiger partial charge on any atom is -0.447 e. The second-order valence-electron chi connectivity index (χ2n) is 5.49. The number of hydrogen-bond donors (Lipinski definition) is 0. The average molecular weight is 372 g/mol. The molecule has 0 aliphatic rings. The van der Waals surface area contributed by atoms with Gasteiger partial charge in [-0.05, 0) is 44.2 Å². The molecule has 26 heavy (non-hydrogen) atoms. The minimum atomic E-state index is -0.675.